The van der Waals surface area contributed by atoms with Crippen LogP contribution in [0.5, 0.6) is 0 Å². The monoisotopic (exact) mass is 451 g/mol. The van der Waals surface area contributed by atoms with Gasteiger partial charge in [-0.25, -0.2) is 4.39 Å². The average Bonchev–Trinajstić information content (AvgIpc) is 3.08. The van der Waals surface area contributed by atoms with Crippen LogP contribution in [0.1, 0.15) is 18.4 Å². The van der Waals surface area contributed by atoms with E-state index in [2.05, 4.69) is 31.2 Å². The van der Waals surface area contributed by atoms with Crippen molar-refractivity contribution in [3.05, 3.63) is 82.7 Å². The van der Waals surface area contributed by atoms with E-state index >= 15 is 0 Å². The van der Waals surface area contributed by atoms with E-state index in [1.54, 1.807) is 12.3 Å². The van der Waals surface area contributed by atoms with E-state index in [1.165, 1.54) is 12.1 Å². The number of carbonyl (C=O) groups excluding carboxylic acids is 1. The van der Waals surface area contributed by atoms with Crippen molar-refractivity contribution in [3.63, 3.8) is 0 Å². The standard InChI is InChI=1S/C23H19BrFN3O/c24-18-7-1-2-8-20(18)27-22(29)10-5-6-16-17-14-15(25)11-12-19(17)28-23(16)21-9-3-4-13-26-21/h1-4,7-9,11-14,28H,5-6,10H2,(H,27,29). The number of aromatic amines is 1. The lowest BCUT2D eigenvalue weighted by Crippen LogP contribution is -2.11. The lowest BCUT2D eigenvalue weighted by atomic mass is 10.0. The van der Waals surface area contributed by atoms with Gasteiger partial charge in [0.15, 0.2) is 0 Å². The summed E-state index contributed by atoms with van der Waals surface area (Å²) in [5.74, 6) is -0.334. The lowest BCUT2D eigenvalue weighted by molar-refractivity contribution is -0.116. The van der Waals surface area contributed by atoms with E-state index in [0.29, 0.717) is 19.3 Å². The number of hydrogen-bond donors (Lipinski definition) is 2. The molecule has 0 aliphatic heterocycles. The van der Waals surface area contributed by atoms with E-state index in [9.17, 15) is 9.18 Å². The second-order valence-electron chi connectivity index (χ2n) is 6.77. The molecule has 0 saturated carbocycles. The predicted molar refractivity (Wildman–Crippen MR) is 117 cm³/mol. The van der Waals surface area contributed by atoms with Crippen LogP contribution in [0.2, 0.25) is 0 Å². The van der Waals surface area contributed by atoms with Gasteiger partial charge in [-0.15, -0.1) is 0 Å². The normalized spacial score (nSPS) is 11.0. The van der Waals surface area contributed by atoms with Gasteiger partial charge in [-0.2, -0.15) is 0 Å². The topological polar surface area (TPSA) is 57.8 Å². The first kappa shape index (κ1) is 19.3. The molecule has 2 N–H and O–H groups in total. The predicted octanol–water partition coefficient (Wildman–Crippen LogP) is 6.09. The number of fused-ring (bicyclic) bond motifs is 1. The average molecular weight is 452 g/mol. The Kier molecular flexibility index (Phi) is 5.71. The van der Waals surface area contributed by atoms with E-state index in [0.717, 1.165) is 38.0 Å². The molecule has 0 spiro atoms. The number of rotatable bonds is 6. The minimum Gasteiger partial charge on any atom is -0.353 e. The molecule has 0 aliphatic rings. The minimum absolute atomic E-state index is 0.0534. The van der Waals surface area contributed by atoms with Crippen molar-refractivity contribution < 1.29 is 9.18 Å². The van der Waals surface area contributed by atoms with Gasteiger partial charge >= 0.3 is 0 Å². The molecule has 0 saturated heterocycles. The number of benzene rings is 2. The third kappa shape index (κ3) is 4.38. The second-order valence-corrected chi connectivity index (χ2v) is 7.62. The van der Waals surface area contributed by atoms with Crippen molar-refractivity contribution in [2.75, 3.05) is 5.32 Å². The van der Waals surface area contributed by atoms with Gasteiger partial charge in [0.2, 0.25) is 5.91 Å². The van der Waals surface area contributed by atoms with E-state index in [-0.39, 0.29) is 11.7 Å². The number of aryl methyl sites for hydroxylation is 1. The Morgan fingerprint density at radius 2 is 1.93 bits per heavy atom. The minimum atomic E-state index is -0.281. The summed E-state index contributed by atoms with van der Waals surface area (Å²) in [6.07, 6.45) is 3.37. The van der Waals surface area contributed by atoms with Crippen LogP contribution >= 0.6 is 15.9 Å². The SMILES string of the molecule is O=C(CCCc1c(-c2ccccn2)[nH]c2ccc(F)cc12)Nc1ccccc1Br. The Bertz CT molecular complexity index is 1160. The van der Waals surface area contributed by atoms with Crippen molar-refractivity contribution in [3.8, 4) is 11.4 Å². The molecule has 0 bridgehead atoms. The zero-order valence-electron chi connectivity index (χ0n) is 15.6. The number of carbonyl (C=O) groups is 1. The summed E-state index contributed by atoms with van der Waals surface area (Å²) in [5, 5.41) is 3.75. The summed E-state index contributed by atoms with van der Waals surface area (Å²) < 4.78 is 14.7. The van der Waals surface area contributed by atoms with Crippen molar-refractivity contribution in [2.45, 2.75) is 19.3 Å². The number of amides is 1. The van der Waals surface area contributed by atoms with Crippen molar-refractivity contribution in [1.29, 1.82) is 0 Å². The van der Waals surface area contributed by atoms with Gasteiger partial charge in [-0.05, 0) is 76.8 Å². The van der Waals surface area contributed by atoms with E-state index in [1.807, 2.05) is 42.5 Å². The molecule has 2 aromatic carbocycles. The number of anilines is 1. The lowest BCUT2D eigenvalue weighted by Gasteiger charge is -2.08. The molecule has 4 aromatic rings. The fraction of sp³-hybridized carbons (Fsp3) is 0.130. The summed E-state index contributed by atoms with van der Waals surface area (Å²) in [6.45, 7) is 0. The molecule has 0 fully saturated rings. The zero-order chi connectivity index (χ0) is 20.2. The van der Waals surface area contributed by atoms with Gasteiger partial charge in [-0.3, -0.25) is 9.78 Å². The summed E-state index contributed by atoms with van der Waals surface area (Å²) in [4.78, 5) is 20.1. The molecule has 2 heterocycles. The Morgan fingerprint density at radius 1 is 1.10 bits per heavy atom. The van der Waals surface area contributed by atoms with Crippen LogP contribution in [0, 0.1) is 5.82 Å². The van der Waals surface area contributed by atoms with Gasteiger partial charge < -0.3 is 10.3 Å². The molecule has 0 atom stereocenters. The zero-order valence-corrected chi connectivity index (χ0v) is 17.2. The quantitative estimate of drug-likeness (QED) is 0.372. The second kappa shape index (κ2) is 8.57. The van der Waals surface area contributed by atoms with E-state index in [4.69, 9.17) is 0 Å². The molecular formula is C23H19BrFN3O. The Balaban J connectivity index is 1.53. The number of pyridine rings is 1. The van der Waals surface area contributed by atoms with E-state index < -0.39 is 0 Å². The van der Waals surface area contributed by atoms with Crippen molar-refractivity contribution in [1.82, 2.24) is 9.97 Å². The van der Waals surface area contributed by atoms with Crippen LogP contribution < -0.4 is 5.32 Å². The van der Waals surface area contributed by atoms with Crippen LogP contribution in [0.15, 0.2) is 71.3 Å². The Morgan fingerprint density at radius 3 is 2.72 bits per heavy atom. The van der Waals surface area contributed by atoms with Crippen LogP contribution in [0.25, 0.3) is 22.3 Å². The highest BCUT2D eigenvalue weighted by Crippen LogP contribution is 2.31. The highest BCUT2D eigenvalue weighted by molar-refractivity contribution is 9.10. The summed E-state index contributed by atoms with van der Waals surface area (Å²) in [7, 11) is 0. The number of para-hydroxylation sites is 1. The van der Waals surface area contributed by atoms with Crippen LogP contribution in [0.4, 0.5) is 10.1 Å². The number of hydrogen-bond acceptors (Lipinski definition) is 2. The number of aromatic nitrogens is 2. The fourth-order valence-electron chi connectivity index (χ4n) is 3.41. The van der Waals surface area contributed by atoms with Crippen molar-refractivity contribution >= 4 is 38.4 Å². The molecule has 0 radical (unpaired) electrons. The summed E-state index contributed by atoms with van der Waals surface area (Å²) in [6, 6.07) is 17.9. The van der Waals surface area contributed by atoms with Gasteiger partial charge in [0, 0.05) is 28.0 Å². The molecule has 146 valence electrons. The molecule has 1 amide bonds. The number of nitrogens with zero attached hydrogens (tertiary/aromatic N) is 1. The molecule has 0 aliphatic carbocycles. The van der Waals surface area contributed by atoms with Crippen LogP contribution in [-0.4, -0.2) is 15.9 Å². The molecule has 2 aromatic heterocycles. The Labute approximate surface area is 176 Å². The fourth-order valence-corrected chi connectivity index (χ4v) is 3.79. The number of nitrogens with one attached hydrogen (secondary N) is 2. The molecule has 0 unspecified atom stereocenters. The maximum absolute atomic E-state index is 13.9. The molecule has 6 heteroatoms. The molecule has 4 rings (SSSR count). The van der Waals surface area contributed by atoms with Crippen LogP contribution in [-0.2, 0) is 11.2 Å². The third-order valence-electron chi connectivity index (χ3n) is 4.77. The maximum atomic E-state index is 13.9. The van der Waals surface area contributed by atoms with Gasteiger partial charge in [-0.1, -0.05) is 18.2 Å². The highest BCUT2D eigenvalue weighted by Gasteiger charge is 2.15. The summed E-state index contributed by atoms with van der Waals surface area (Å²) >= 11 is 3.43. The van der Waals surface area contributed by atoms with Gasteiger partial charge in [0.05, 0.1) is 17.1 Å². The largest absolute Gasteiger partial charge is 0.353 e. The van der Waals surface area contributed by atoms with Crippen molar-refractivity contribution in [2.24, 2.45) is 0 Å². The van der Waals surface area contributed by atoms with Gasteiger partial charge in [0.25, 0.3) is 0 Å². The Hall–Kier alpha value is -2.99. The molecule has 4 nitrogen and oxygen atoms in total. The smallest absolute Gasteiger partial charge is 0.224 e. The first-order valence-electron chi connectivity index (χ1n) is 9.38. The highest BCUT2D eigenvalue weighted by atomic mass is 79.9. The number of H-pyrrole nitrogens is 1. The maximum Gasteiger partial charge on any atom is 0.224 e. The molecular weight excluding hydrogens is 433 g/mol. The van der Waals surface area contributed by atoms with Gasteiger partial charge in [0.1, 0.15) is 5.82 Å². The first-order chi connectivity index (χ1) is 14.1. The third-order valence-corrected chi connectivity index (χ3v) is 5.46. The van der Waals surface area contributed by atoms with Crippen LogP contribution in [0.3, 0.4) is 0 Å². The molecule has 29 heavy (non-hydrogen) atoms. The number of halogens is 2. The summed E-state index contributed by atoms with van der Waals surface area (Å²) in [5.41, 5.74) is 4.27. The first-order valence-corrected chi connectivity index (χ1v) is 10.2.